The number of aliphatic imine (C=N–C) groups is 1. The van der Waals surface area contributed by atoms with E-state index in [1.165, 1.54) is 0 Å². The van der Waals surface area contributed by atoms with Crippen LogP contribution in [0.5, 0.6) is 17.2 Å². The number of guanidine groups is 1. The van der Waals surface area contributed by atoms with E-state index in [4.69, 9.17) is 19.9 Å². The third kappa shape index (κ3) is 4.55. The predicted molar refractivity (Wildman–Crippen MR) is 99.2 cm³/mol. The molecule has 2 aromatic rings. The highest BCUT2D eigenvalue weighted by Gasteiger charge is 2.10. The van der Waals surface area contributed by atoms with Gasteiger partial charge in [-0.05, 0) is 57.9 Å². The Morgan fingerprint density at radius 3 is 2.38 bits per heavy atom. The zero-order chi connectivity index (χ0) is 17.5. The fourth-order valence-corrected chi connectivity index (χ4v) is 2.75. The van der Waals surface area contributed by atoms with Gasteiger partial charge in [0, 0.05) is 5.69 Å². The topological polar surface area (TPSA) is 78.1 Å². The highest BCUT2D eigenvalue weighted by Crippen LogP contribution is 2.36. The molecule has 24 heavy (non-hydrogen) atoms. The Hall–Kier alpha value is -2.41. The normalized spacial score (nSPS) is 11.1. The van der Waals surface area contributed by atoms with Gasteiger partial charge in [0.15, 0.2) is 17.5 Å². The van der Waals surface area contributed by atoms with Gasteiger partial charge in [0.25, 0.3) is 0 Å². The van der Waals surface area contributed by atoms with E-state index in [-0.39, 0.29) is 0 Å². The summed E-state index contributed by atoms with van der Waals surface area (Å²) in [6.07, 6.45) is 0. The van der Waals surface area contributed by atoms with E-state index in [0.29, 0.717) is 24.0 Å². The number of benzene rings is 2. The van der Waals surface area contributed by atoms with Crippen LogP contribution in [0, 0.1) is 0 Å². The minimum atomic E-state index is 0.325. The van der Waals surface area contributed by atoms with Crippen LogP contribution >= 0.6 is 15.9 Å². The number of rotatable bonds is 6. The van der Waals surface area contributed by atoms with Gasteiger partial charge in [-0.25, -0.2) is 4.99 Å². The van der Waals surface area contributed by atoms with Gasteiger partial charge in [0.2, 0.25) is 0 Å². The number of methoxy groups -OCH3 is 3. The average molecular weight is 394 g/mol. The SMILES string of the molecule is COc1ccc(NC(N)=NCc2cc(Br)c(OC)c(OC)c2)cc1. The smallest absolute Gasteiger partial charge is 0.193 e. The maximum Gasteiger partial charge on any atom is 0.193 e. The summed E-state index contributed by atoms with van der Waals surface area (Å²) in [6.45, 7) is 0.411. The van der Waals surface area contributed by atoms with Gasteiger partial charge < -0.3 is 25.3 Å². The number of nitrogens with zero attached hydrogens (tertiary/aromatic N) is 1. The van der Waals surface area contributed by atoms with Crippen LogP contribution < -0.4 is 25.3 Å². The molecular formula is C17H20BrN3O3. The van der Waals surface area contributed by atoms with Gasteiger partial charge in [0.05, 0.1) is 32.3 Å². The van der Waals surface area contributed by atoms with E-state index >= 15 is 0 Å². The number of halogens is 1. The molecule has 3 N–H and O–H groups in total. The lowest BCUT2D eigenvalue weighted by atomic mass is 10.2. The van der Waals surface area contributed by atoms with Crippen molar-refractivity contribution in [1.29, 1.82) is 0 Å². The van der Waals surface area contributed by atoms with Gasteiger partial charge in [-0.2, -0.15) is 0 Å². The molecule has 0 amide bonds. The van der Waals surface area contributed by atoms with E-state index in [9.17, 15) is 0 Å². The summed E-state index contributed by atoms with van der Waals surface area (Å²) >= 11 is 3.46. The number of anilines is 1. The molecule has 0 bridgehead atoms. The first-order valence-electron chi connectivity index (χ1n) is 7.18. The first-order valence-corrected chi connectivity index (χ1v) is 7.98. The molecule has 128 valence electrons. The maximum absolute atomic E-state index is 5.93. The molecule has 0 aliphatic rings. The van der Waals surface area contributed by atoms with Crippen molar-refractivity contribution in [2.75, 3.05) is 26.6 Å². The lowest BCUT2D eigenvalue weighted by Gasteiger charge is -2.11. The fraction of sp³-hybridized carbons (Fsp3) is 0.235. The number of nitrogens with one attached hydrogen (secondary N) is 1. The Morgan fingerprint density at radius 2 is 1.79 bits per heavy atom. The summed E-state index contributed by atoms with van der Waals surface area (Å²) in [5.74, 6) is 2.39. The lowest BCUT2D eigenvalue weighted by molar-refractivity contribution is 0.352. The summed E-state index contributed by atoms with van der Waals surface area (Å²) in [5, 5.41) is 3.03. The molecule has 0 aromatic heterocycles. The van der Waals surface area contributed by atoms with Crippen LogP contribution in [0.3, 0.4) is 0 Å². The number of nitrogens with two attached hydrogens (primary N) is 1. The van der Waals surface area contributed by atoms with E-state index in [2.05, 4.69) is 26.2 Å². The van der Waals surface area contributed by atoms with Crippen molar-refractivity contribution in [2.45, 2.75) is 6.54 Å². The molecule has 6 nitrogen and oxygen atoms in total. The molecule has 2 rings (SSSR count). The van der Waals surface area contributed by atoms with Crippen LogP contribution in [-0.4, -0.2) is 27.3 Å². The first kappa shape index (κ1) is 17.9. The first-order chi connectivity index (χ1) is 11.6. The molecule has 0 saturated heterocycles. The predicted octanol–water partition coefficient (Wildman–Crippen LogP) is 3.40. The Bertz CT molecular complexity index is 718. The highest BCUT2D eigenvalue weighted by atomic mass is 79.9. The van der Waals surface area contributed by atoms with Crippen molar-refractivity contribution in [1.82, 2.24) is 0 Å². The molecule has 0 aliphatic heterocycles. The lowest BCUT2D eigenvalue weighted by Crippen LogP contribution is -2.22. The van der Waals surface area contributed by atoms with Gasteiger partial charge >= 0.3 is 0 Å². The van der Waals surface area contributed by atoms with Crippen molar-refractivity contribution in [3.8, 4) is 17.2 Å². The van der Waals surface area contributed by atoms with Crippen molar-refractivity contribution in [2.24, 2.45) is 10.7 Å². The quantitative estimate of drug-likeness (QED) is 0.580. The third-order valence-corrected chi connectivity index (χ3v) is 3.88. The summed E-state index contributed by atoms with van der Waals surface area (Å²) < 4.78 is 16.5. The molecule has 0 atom stereocenters. The number of hydrogen-bond acceptors (Lipinski definition) is 4. The molecule has 0 fully saturated rings. The third-order valence-electron chi connectivity index (χ3n) is 3.29. The van der Waals surface area contributed by atoms with Gasteiger partial charge in [-0.3, -0.25) is 0 Å². The fourth-order valence-electron chi connectivity index (χ4n) is 2.10. The molecule has 0 unspecified atom stereocenters. The second-order valence-corrected chi connectivity index (χ2v) is 5.72. The zero-order valence-corrected chi connectivity index (χ0v) is 15.4. The molecule has 0 radical (unpaired) electrons. The minimum Gasteiger partial charge on any atom is -0.497 e. The number of ether oxygens (including phenoxy) is 3. The standard InChI is InChI=1S/C17H20BrN3O3/c1-22-13-6-4-12(5-7-13)21-17(19)20-10-11-8-14(18)16(24-3)15(9-11)23-2/h4-9H,10H2,1-3H3,(H3,19,20,21). The largest absolute Gasteiger partial charge is 0.497 e. The van der Waals surface area contributed by atoms with Crippen LogP contribution in [0.25, 0.3) is 0 Å². The Kier molecular flexibility index (Phi) is 6.31. The number of hydrogen-bond donors (Lipinski definition) is 2. The molecule has 0 spiro atoms. The summed E-state index contributed by atoms with van der Waals surface area (Å²) in [4.78, 5) is 4.34. The van der Waals surface area contributed by atoms with Crippen molar-refractivity contribution >= 4 is 27.6 Å². The van der Waals surface area contributed by atoms with Gasteiger partial charge in [-0.15, -0.1) is 0 Å². The molecule has 0 saturated carbocycles. The summed E-state index contributed by atoms with van der Waals surface area (Å²) in [7, 11) is 4.81. The molecule has 2 aromatic carbocycles. The van der Waals surface area contributed by atoms with Gasteiger partial charge in [-0.1, -0.05) is 0 Å². The van der Waals surface area contributed by atoms with Crippen LogP contribution in [0.4, 0.5) is 5.69 Å². The van der Waals surface area contributed by atoms with Crippen molar-refractivity contribution in [3.05, 3.63) is 46.4 Å². The Labute approximate surface area is 149 Å². The highest BCUT2D eigenvalue weighted by molar-refractivity contribution is 9.10. The minimum absolute atomic E-state index is 0.325. The Morgan fingerprint density at radius 1 is 1.08 bits per heavy atom. The zero-order valence-electron chi connectivity index (χ0n) is 13.8. The summed E-state index contributed by atoms with van der Waals surface area (Å²) in [5.41, 5.74) is 7.71. The van der Waals surface area contributed by atoms with E-state index in [0.717, 1.165) is 21.5 Å². The Balaban J connectivity index is 2.07. The molecule has 0 aliphatic carbocycles. The van der Waals surface area contributed by atoms with E-state index in [1.54, 1.807) is 21.3 Å². The van der Waals surface area contributed by atoms with Crippen LogP contribution in [0.15, 0.2) is 45.9 Å². The second-order valence-electron chi connectivity index (χ2n) is 4.87. The molecule has 0 heterocycles. The van der Waals surface area contributed by atoms with Crippen LogP contribution in [0.1, 0.15) is 5.56 Å². The van der Waals surface area contributed by atoms with Gasteiger partial charge in [0.1, 0.15) is 5.75 Å². The van der Waals surface area contributed by atoms with E-state index < -0.39 is 0 Å². The average Bonchev–Trinajstić information content (AvgIpc) is 2.60. The van der Waals surface area contributed by atoms with Crippen molar-refractivity contribution in [3.63, 3.8) is 0 Å². The monoisotopic (exact) mass is 393 g/mol. The summed E-state index contributed by atoms with van der Waals surface area (Å²) in [6, 6.07) is 11.2. The molecule has 7 heteroatoms. The van der Waals surface area contributed by atoms with Crippen LogP contribution in [0.2, 0.25) is 0 Å². The molecular weight excluding hydrogens is 374 g/mol. The second kappa shape index (κ2) is 8.44. The maximum atomic E-state index is 5.93. The van der Waals surface area contributed by atoms with E-state index in [1.807, 2.05) is 36.4 Å². The van der Waals surface area contributed by atoms with Crippen LogP contribution in [-0.2, 0) is 6.54 Å². The van der Waals surface area contributed by atoms with Crippen molar-refractivity contribution < 1.29 is 14.2 Å².